The molecular formula is C74H110N10P8W2+8. The van der Waals surface area contributed by atoms with Gasteiger partial charge < -0.3 is 0 Å². The van der Waals surface area contributed by atoms with Crippen LogP contribution in [0.2, 0.25) is 0 Å². The number of hydrogen-bond acceptors (Lipinski definition) is 10. The van der Waals surface area contributed by atoms with Gasteiger partial charge in [-0.05, 0) is 167 Å². The van der Waals surface area contributed by atoms with E-state index in [1.54, 1.807) is 0 Å². The predicted molar refractivity (Wildman–Crippen MR) is 428 cm³/mol. The van der Waals surface area contributed by atoms with Gasteiger partial charge in [0.25, 0.3) is 0 Å². The normalized spacial score (nSPS) is 10.3. The topological polar surface area (TPSA) is 197 Å². The molecule has 0 unspecified atom stereocenters. The van der Waals surface area contributed by atoms with Crippen molar-refractivity contribution < 1.29 is 42.1 Å². The summed E-state index contributed by atoms with van der Waals surface area (Å²) < 4.78 is 0. The molecule has 0 N–H and O–H groups in total. The average Bonchev–Trinajstić information content (AvgIpc) is 0.965. The van der Waals surface area contributed by atoms with Gasteiger partial charge in [0.05, 0.1) is 123 Å². The van der Waals surface area contributed by atoms with Crippen LogP contribution in [0, 0.1) is 43.1 Å². The minimum atomic E-state index is -0.783. The molecule has 94 heavy (non-hydrogen) atoms. The van der Waals surface area contributed by atoms with Crippen molar-refractivity contribution in [3.8, 4) is 0 Å². The summed E-state index contributed by atoms with van der Waals surface area (Å²) in [4.78, 5) is 5.23. The summed E-state index contributed by atoms with van der Waals surface area (Å²) in [7, 11) is 1.35. The summed E-state index contributed by atoms with van der Waals surface area (Å²) in [5, 5.41) is 60.1. The van der Waals surface area contributed by atoms with Crippen LogP contribution < -0.4 is 42.4 Å². The van der Waals surface area contributed by atoms with E-state index in [2.05, 4.69) is 322 Å². The fourth-order valence-corrected chi connectivity index (χ4v) is 31.1. The average molecular weight is 1760 g/mol. The van der Waals surface area contributed by atoms with Crippen molar-refractivity contribution in [2.24, 2.45) is 0 Å². The summed E-state index contributed by atoms with van der Waals surface area (Å²) in [6.45, 7) is 18.9. The summed E-state index contributed by atoms with van der Waals surface area (Å²) >= 11 is 0. The van der Waals surface area contributed by atoms with Crippen molar-refractivity contribution in [1.82, 2.24) is 9.80 Å². The first kappa shape index (κ1) is 92.2. The zero-order chi connectivity index (χ0) is 68.0. The van der Waals surface area contributed by atoms with Crippen molar-refractivity contribution in [2.45, 2.75) is 55.4 Å². The summed E-state index contributed by atoms with van der Waals surface area (Å²) in [6, 6.07) is 89.0. The number of benzene rings is 8. The molecule has 0 aromatic heterocycles. The zero-order valence-electron chi connectivity index (χ0n) is 57.7. The third-order valence-electron chi connectivity index (χ3n) is 16.2. The van der Waals surface area contributed by atoms with Crippen LogP contribution in [0.1, 0.15) is 55.4 Å². The van der Waals surface area contributed by atoms with E-state index in [4.69, 9.17) is 43.1 Å². The third-order valence-corrected chi connectivity index (χ3v) is 40.4. The predicted octanol–water partition coefficient (Wildman–Crippen LogP) is 16.2. The monoisotopic (exact) mass is 1750 g/mol. The molecule has 0 amide bonds. The van der Waals surface area contributed by atoms with Gasteiger partial charge in [0.15, 0.2) is 0 Å². The van der Waals surface area contributed by atoms with Crippen molar-refractivity contribution in [2.75, 3.05) is 113 Å². The Morgan fingerprint density at radius 1 is 0.213 bits per heavy atom. The molecule has 0 bridgehead atoms. The van der Waals surface area contributed by atoms with Crippen LogP contribution in [-0.4, -0.2) is 123 Å². The Labute approximate surface area is 607 Å². The van der Waals surface area contributed by atoms with Crippen LogP contribution >= 0.6 is 63.4 Å². The molecule has 0 heterocycles. The summed E-state index contributed by atoms with van der Waals surface area (Å²) in [5.74, 6) is 0. The van der Waals surface area contributed by atoms with E-state index >= 15 is 0 Å². The van der Waals surface area contributed by atoms with Gasteiger partial charge in [-0.2, -0.15) is 0 Å². The second-order valence-electron chi connectivity index (χ2n) is 22.0. The van der Waals surface area contributed by atoms with Crippen LogP contribution in [-0.2, 0) is 42.1 Å². The van der Waals surface area contributed by atoms with Crippen LogP contribution in [0.15, 0.2) is 243 Å². The van der Waals surface area contributed by atoms with E-state index in [1.807, 2.05) is 0 Å². The second-order valence-corrected chi connectivity index (χ2v) is 45.4. The molecule has 20 heteroatoms. The first-order chi connectivity index (χ1) is 45.2. The van der Waals surface area contributed by atoms with Crippen molar-refractivity contribution in [1.29, 1.82) is 43.1 Å². The summed E-state index contributed by atoms with van der Waals surface area (Å²) in [5.41, 5.74) is 0. The fourth-order valence-electron chi connectivity index (χ4n) is 11.0. The van der Waals surface area contributed by atoms with Crippen LogP contribution in [0.25, 0.3) is 0 Å². The fraction of sp³-hybridized carbons (Fsp3) is 0.351. The molecular weight excluding hydrogens is 1640 g/mol. The maximum atomic E-state index is 6.00. The van der Waals surface area contributed by atoms with Crippen molar-refractivity contribution in [3.05, 3.63) is 243 Å². The van der Waals surface area contributed by atoms with Gasteiger partial charge in [-0.25, -0.2) is 9.80 Å². The molecule has 8 aromatic carbocycles. The zero-order valence-corrected chi connectivity index (χ0v) is 71.6. The second kappa shape index (κ2) is 61.5. The third kappa shape index (κ3) is 37.2. The van der Waals surface area contributed by atoms with Crippen LogP contribution in [0.5, 0.6) is 0 Å². The van der Waals surface area contributed by atoms with Gasteiger partial charge in [-0.15, -0.1) is 0 Å². The minimum Gasteiger partial charge on any atom is -0.242 e. The van der Waals surface area contributed by atoms with Crippen LogP contribution in [0.4, 0.5) is 0 Å². The van der Waals surface area contributed by atoms with Gasteiger partial charge >= 0.3 is 0 Å². The van der Waals surface area contributed by atoms with Crippen molar-refractivity contribution in [3.63, 3.8) is 0 Å². The van der Waals surface area contributed by atoms with Crippen molar-refractivity contribution >= 4 is 106 Å². The molecule has 8 aromatic rings. The van der Waals surface area contributed by atoms with Gasteiger partial charge in [-0.3, -0.25) is 0 Å². The Morgan fingerprint density at radius 2 is 0.319 bits per heavy atom. The standard InChI is InChI=1S/2C26H24P2.2C11H27NP2.4N2.2W/c2*1-5-13-23(14-6-1)27(24-15-7-2-8-16-24)21-22-28(25-17-9-3-10-18-25)26-19-11-4-12-20-26;2*1-6-13(7-2)10-12(5)11-14(8-3)9-4;4*1-2;;/h2*1-20H,21-22H2;2*6-11H2,1-5H3;;;;;;/p+8. The Kier molecular flexibility index (Phi) is 60.3. The van der Waals surface area contributed by atoms with Gasteiger partial charge in [-0.1, -0.05) is 146 Å². The van der Waals surface area contributed by atoms with E-state index in [1.165, 1.54) is 142 Å². The number of rotatable bonds is 30. The van der Waals surface area contributed by atoms with E-state index < -0.39 is 31.7 Å². The smallest absolute Gasteiger partial charge is 0.112 e. The molecule has 0 radical (unpaired) electrons. The molecule has 0 aliphatic rings. The summed E-state index contributed by atoms with van der Waals surface area (Å²) in [6.07, 6.45) is 22.2. The van der Waals surface area contributed by atoms with E-state index in [9.17, 15) is 0 Å². The Balaban J connectivity index is 0. The molecule has 8 rings (SSSR count). The Bertz CT molecular complexity index is 2460. The Hall–Kier alpha value is -3.82. The minimum absolute atomic E-state index is 0. The molecule has 0 aliphatic carbocycles. The molecule has 0 spiro atoms. The number of hydrogen-bond donors (Lipinski definition) is 0. The quantitative estimate of drug-likeness (QED) is 0.0308. The first-order valence-corrected chi connectivity index (χ1v) is 47.9. The maximum Gasteiger partial charge on any atom is 0.112 e. The van der Waals surface area contributed by atoms with Gasteiger partial charge in [0.1, 0.15) is 49.8 Å². The largest absolute Gasteiger partial charge is 0.242 e. The molecule has 0 fully saturated rings. The molecule has 0 aliphatic heterocycles. The maximum absolute atomic E-state index is 6.00. The van der Waals surface area contributed by atoms with Gasteiger partial charge in [0, 0.05) is 117 Å². The SMILES string of the molecule is CC[PH+](CC)CN(C)C[PH+](CC)CC.CC[PH+](CC)CN(C)C[PH+](CC)CC.N#N.N#N.N#N.N#N.[W].[W].c1ccc([PH+](CC[PH+](c2ccccc2)c2ccccc2)c2ccccc2)cc1.c1ccc([PH+](CC[PH+](c2ccccc2)c2ccccc2)c2ccccc2)cc1. The Morgan fingerprint density at radius 3 is 0.415 bits per heavy atom. The molecule has 0 saturated carbocycles. The molecule has 10 nitrogen and oxygen atoms in total. The molecule has 0 saturated heterocycles. The molecule has 0 atom stereocenters. The van der Waals surface area contributed by atoms with Crippen LogP contribution in [0.3, 0.4) is 0 Å². The van der Waals surface area contributed by atoms with E-state index in [-0.39, 0.29) is 73.8 Å². The first-order valence-electron chi connectivity index (χ1n) is 32.6. The van der Waals surface area contributed by atoms with Gasteiger partial charge in [0.2, 0.25) is 0 Å². The molecule has 500 valence electrons. The number of nitrogens with zero attached hydrogens (tertiary/aromatic N) is 10. The van der Waals surface area contributed by atoms with E-state index in [0.717, 1.165) is 0 Å². The van der Waals surface area contributed by atoms with E-state index in [0.29, 0.717) is 0 Å².